The molecule has 0 radical (unpaired) electrons. The number of carbonyl (C=O) groups is 2. The van der Waals surface area contributed by atoms with Crippen LogP contribution < -0.4 is 14.8 Å². The first-order valence-corrected chi connectivity index (χ1v) is 7.90. The van der Waals surface area contributed by atoms with E-state index in [1.165, 1.54) is 13.2 Å². The van der Waals surface area contributed by atoms with Crippen LogP contribution in [0.15, 0.2) is 12.1 Å². The second kappa shape index (κ2) is 7.82. The van der Waals surface area contributed by atoms with Gasteiger partial charge in [0.15, 0.2) is 11.5 Å². The van der Waals surface area contributed by atoms with Crippen molar-refractivity contribution in [3.8, 4) is 11.5 Å². The molecule has 25 heavy (non-hydrogen) atoms. The third kappa shape index (κ3) is 4.17. The molecule has 1 aliphatic carbocycles. The number of benzene rings is 1. The Morgan fingerprint density at radius 3 is 2.60 bits per heavy atom. The monoisotopic (exact) mass is 352 g/mol. The van der Waals surface area contributed by atoms with Gasteiger partial charge in [-0.3, -0.25) is 19.7 Å². The van der Waals surface area contributed by atoms with Gasteiger partial charge in [0.1, 0.15) is 5.56 Å². The number of nitrogens with zero attached hydrogens (tertiary/aromatic N) is 1. The molecule has 2 N–H and O–H groups in total. The Hall–Kier alpha value is -2.84. The van der Waals surface area contributed by atoms with Crippen LogP contribution in [-0.4, -0.2) is 41.7 Å². The van der Waals surface area contributed by atoms with E-state index >= 15 is 0 Å². The quantitative estimate of drug-likeness (QED) is 0.567. The van der Waals surface area contributed by atoms with Crippen molar-refractivity contribution in [2.75, 3.05) is 13.7 Å². The smallest absolute Gasteiger partial charge is 0.306 e. The van der Waals surface area contributed by atoms with E-state index in [1.807, 2.05) is 0 Å². The number of hydrogen-bond acceptors (Lipinski definition) is 6. The molecular weight excluding hydrogens is 332 g/mol. The number of ether oxygens (including phenoxy) is 2. The minimum absolute atomic E-state index is 0.149. The van der Waals surface area contributed by atoms with Crippen LogP contribution in [0.25, 0.3) is 0 Å². The molecule has 0 saturated heterocycles. The lowest BCUT2D eigenvalue weighted by Crippen LogP contribution is -2.33. The van der Waals surface area contributed by atoms with E-state index < -0.39 is 28.4 Å². The summed E-state index contributed by atoms with van der Waals surface area (Å²) in [4.78, 5) is 34.1. The molecule has 0 aliphatic heterocycles. The highest BCUT2D eigenvalue weighted by Crippen LogP contribution is 2.35. The lowest BCUT2D eigenvalue weighted by atomic mass is 10.1. The van der Waals surface area contributed by atoms with Gasteiger partial charge < -0.3 is 19.9 Å². The van der Waals surface area contributed by atoms with Gasteiger partial charge in [0.2, 0.25) is 0 Å². The Morgan fingerprint density at radius 2 is 2.08 bits per heavy atom. The molecule has 0 spiro atoms. The van der Waals surface area contributed by atoms with E-state index in [-0.39, 0.29) is 29.7 Å². The number of amides is 1. The van der Waals surface area contributed by atoms with Gasteiger partial charge in [-0.2, -0.15) is 0 Å². The van der Waals surface area contributed by atoms with E-state index in [1.54, 1.807) is 6.92 Å². The molecule has 1 aromatic rings. The summed E-state index contributed by atoms with van der Waals surface area (Å²) in [6.45, 7) is 2.02. The van der Waals surface area contributed by atoms with Crippen molar-refractivity contribution in [1.29, 1.82) is 0 Å². The minimum Gasteiger partial charge on any atom is -0.493 e. The number of nitro benzene ring substituents is 1. The zero-order valence-electron chi connectivity index (χ0n) is 14.0. The van der Waals surface area contributed by atoms with Crippen LogP contribution in [0, 0.1) is 16.0 Å². The minimum atomic E-state index is -0.898. The summed E-state index contributed by atoms with van der Waals surface area (Å²) < 4.78 is 10.4. The average molecular weight is 352 g/mol. The highest BCUT2D eigenvalue weighted by molar-refractivity contribution is 5.99. The van der Waals surface area contributed by atoms with Gasteiger partial charge in [-0.15, -0.1) is 0 Å². The maximum Gasteiger partial charge on any atom is 0.306 e. The Kier molecular flexibility index (Phi) is 5.79. The molecule has 9 nitrogen and oxygen atoms in total. The predicted octanol–water partition coefficient (Wildman–Crippen LogP) is 1.99. The third-order valence-corrected chi connectivity index (χ3v) is 4.14. The fourth-order valence-electron chi connectivity index (χ4n) is 2.91. The molecule has 0 heterocycles. The number of rotatable bonds is 7. The van der Waals surface area contributed by atoms with Crippen LogP contribution in [0.5, 0.6) is 11.5 Å². The fourth-order valence-corrected chi connectivity index (χ4v) is 2.91. The number of carboxylic acid groups (broad SMARTS) is 1. The van der Waals surface area contributed by atoms with Gasteiger partial charge in [-0.05, 0) is 26.2 Å². The first kappa shape index (κ1) is 18.5. The molecule has 1 fully saturated rings. The molecule has 0 bridgehead atoms. The van der Waals surface area contributed by atoms with Crippen molar-refractivity contribution in [1.82, 2.24) is 5.32 Å². The van der Waals surface area contributed by atoms with Crippen LogP contribution >= 0.6 is 0 Å². The number of carbonyl (C=O) groups excluding carboxylic acids is 1. The standard InChI is InChI=1S/C16H20N2O7/c1-3-25-14-8-12(18(22)23)11(7-13(14)24-2)15(19)17-10-5-4-9(6-10)16(20)21/h7-10H,3-6H2,1-2H3,(H,17,19)(H,20,21)/t9-,10+/m0/s1. The summed E-state index contributed by atoms with van der Waals surface area (Å²) in [7, 11) is 1.37. The van der Waals surface area contributed by atoms with Crippen LogP contribution in [0.1, 0.15) is 36.5 Å². The van der Waals surface area contributed by atoms with E-state index in [0.29, 0.717) is 19.3 Å². The third-order valence-electron chi connectivity index (χ3n) is 4.14. The van der Waals surface area contributed by atoms with E-state index in [0.717, 1.165) is 6.07 Å². The summed E-state index contributed by atoms with van der Waals surface area (Å²) in [5, 5.41) is 23.0. The Balaban J connectivity index is 2.26. The second-order valence-electron chi connectivity index (χ2n) is 5.73. The largest absolute Gasteiger partial charge is 0.493 e. The van der Waals surface area contributed by atoms with Crippen LogP contribution in [0.2, 0.25) is 0 Å². The van der Waals surface area contributed by atoms with E-state index in [4.69, 9.17) is 14.6 Å². The molecule has 1 aliphatic rings. The van der Waals surface area contributed by atoms with Crippen LogP contribution in [0.3, 0.4) is 0 Å². The van der Waals surface area contributed by atoms with Gasteiger partial charge >= 0.3 is 5.97 Å². The summed E-state index contributed by atoms with van der Waals surface area (Å²) in [6.07, 6.45) is 1.29. The number of carboxylic acids is 1. The lowest BCUT2D eigenvalue weighted by Gasteiger charge is -2.15. The summed E-state index contributed by atoms with van der Waals surface area (Å²) >= 11 is 0. The van der Waals surface area contributed by atoms with Crippen molar-refractivity contribution in [2.24, 2.45) is 5.92 Å². The van der Waals surface area contributed by atoms with Gasteiger partial charge in [0.25, 0.3) is 11.6 Å². The SMILES string of the molecule is CCOc1cc([N+](=O)[O-])c(C(=O)N[C@@H]2CC[C@H](C(=O)O)C2)cc1OC. The number of methoxy groups -OCH3 is 1. The van der Waals surface area contributed by atoms with Crippen molar-refractivity contribution in [2.45, 2.75) is 32.2 Å². The molecule has 0 unspecified atom stereocenters. The molecule has 1 saturated carbocycles. The maximum absolute atomic E-state index is 12.5. The maximum atomic E-state index is 12.5. The van der Waals surface area contributed by atoms with Crippen LogP contribution in [0.4, 0.5) is 5.69 Å². The Labute approximate surface area is 144 Å². The normalized spacial score (nSPS) is 19.3. The molecule has 9 heteroatoms. The van der Waals surface area contributed by atoms with Gasteiger partial charge in [0.05, 0.1) is 30.6 Å². The zero-order valence-corrected chi connectivity index (χ0v) is 14.0. The predicted molar refractivity (Wildman–Crippen MR) is 87.0 cm³/mol. The van der Waals surface area contributed by atoms with Gasteiger partial charge in [-0.1, -0.05) is 0 Å². The van der Waals surface area contributed by atoms with Crippen molar-refractivity contribution < 1.29 is 29.1 Å². The molecule has 2 atom stereocenters. The Morgan fingerprint density at radius 1 is 1.36 bits per heavy atom. The summed E-state index contributed by atoms with van der Waals surface area (Å²) in [6, 6.07) is 2.10. The lowest BCUT2D eigenvalue weighted by molar-refractivity contribution is -0.385. The molecule has 2 rings (SSSR count). The highest BCUT2D eigenvalue weighted by Gasteiger charge is 2.32. The number of hydrogen-bond donors (Lipinski definition) is 2. The van der Waals surface area contributed by atoms with E-state index in [2.05, 4.69) is 5.32 Å². The molecular formula is C16H20N2O7. The number of nitrogens with one attached hydrogen (secondary N) is 1. The number of aliphatic carboxylic acids is 1. The van der Waals surface area contributed by atoms with Crippen LogP contribution in [-0.2, 0) is 4.79 Å². The van der Waals surface area contributed by atoms with Gasteiger partial charge in [-0.25, -0.2) is 0 Å². The fraction of sp³-hybridized carbons (Fsp3) is 0.500. The zero-order chi connectivity index (χ0) is 18.6. The molecule has 136 valence electrons. The Bertz CT molecular complexity index is 689. The molecule has 0 aromatic heterocycles. The topological polar surface area (TPSA) is 128 Å². The van der Waals surface area contributed by atoms with Gasteiger partial charge in [0, 0.05) is 12.1 Å². The van der Waals surface area contributed by atoms with Crippen molar-refractivity contribution >= 4 is 17.6 Å². The molecule has 1 amide bonds. The van der Waals surface area contributed by atoms with Crippen molar-refractivity contribution in [3.05, 3.63) is 27.8 Å². The van der Waals surface area contributed by atoms with E-state index in [9.17, 15) is 19.7 Å². The first-order valence-electron chi connectivity index (χ1n) is 7.90. The highest BCUT2D eigenvalue weighted by atomic mass is 16.6. The summed E-state index contributed by atoms with van der Waals surface area (Å²) in [5.74, 6) is -1.64. The first-order chi connectivity index (χ1) is 11.9. The second-order valence-corrected chi connectivity index (χ2v) is 5.73. The average Bonchev–Trinajstić information content (AvgIpc) is 3.03. The summed E-state index contributed by atoms with van der Waals surface area (Å²) in [5.41, 5.74) is -0.543. The molecule has 1 aromatic carbocycles. The van der Waals surface area contributed by atoms with Crippen molar-refractivity contribution in [3.63, 3.8) is 0 Å². The number of nitro groups is 1.